The number of nitrogens with one attached hydrogen (secondary N) is 3. The quantitative estimate of drug-likeness (QED) is 0.333. The largest absolute Gasteiger partial charge is 0.315 e. The molecule has 6 bridgehead atoms. The fourth-order valence-corrected chi connectivity index (χ4v) is 14.7. The highest BCUT2D eigenvalue weighted by atomic mass is 32.2. The molecule has 3 N–H and O–H groups in total. The van der Waals surface area contributed by atoms with E-state index >= 15 is 0 Å². The molecule has 6 aliphatic heterocycles. The predicted octanol–water partition coefficient (Wildman–Crippen LogP) is 3.81. The lowest BCUT2D eigenvalue weighted by atomic mass is 9.85. The van der Waals surface area contributed by atoms with Crippen LogP contribution in [0.2, 0.25) is 0 Å². The molecule has 0 amide bonds. The molecule has 306 valence electrons. The van der Waals surface area contributed by atoms with E-state index in [1.54, 1.807) is 12.9 Å². The third-order valence-electron chi connectivity index (χ3n) is 12.3. The summed E-state index contributed by atoms with van der Waals surface area (Å²) in [4.78, 5) is 0. The van der Waals surface area contributed by atoms with Gasteiger partial charge in [-0.05, 0) is 87.5 Å². The van der Waals surface area contributed by atoms with Gasteiger partial charge in [-0.15, -0.1) is 0 Å². The van der Waals surface area contributed by atoms with Gasteiger partial charge in [-0.1, -0.05) is 62.3 Å². The standard InChI is InChI=1S/C13H26N2O2S.2C12H24N2O2S/c1-12(2,3)11-8-14-10-6-7-13(4,5)18(16,17)15(11)9-10;1-12(2,3)11-9-13-10-5-4-8-17(15,16)14(11)7-6-10;1-12(2,3)11-8-13-7-10-5-4-6-17(15,16)14(11)9-10/h10-11,14H,6-9H2,1-5H3;2*10-11,13H,4-9H2,1-3H3. The van der Waals surface area contributed by atoms with Crippen LogP contribution < -0.4 is 16.0 Å². The summed E-state index contributed by atoms with van der Waals surface area (Å²) in [6.07, 6.45) is 6.24. The van der Waals surface area contributed by atoms with Crippen molar-refractivity contribution in [1.82, 2.24) is 28.9 Å². The van der Waals surface area contributed by atoms with Gasteiger partial charge in [0.15, 0.2) is 0 Å². The van der Waals surface area contributed by atoms with Crippen LogP contribution in [-0.4, -0.2) is 130 Å². The summed E-state index contributed by atoms with van der Waals surface area (Å²) < 4.78 is 79.6. The zero-order valence-electron chi connectivity index (χ0n) is 34.3. The highest BCUT2D eigenvalue weighted by Crippen LogP contribution is 2.38. The van der Waals surface area contributed by atoms with Crippen molar-refractivity contribution in [3.63, 3.8) is 0 Å². The molecule has 9 atom stereocenters. The van der Waals surface area contributed by atoms with Gasteiger partial charge in [-0.3, -0.25) is 0 Å². The summed E-state index contributed by atoms with van der Waals surface area (Å²) in [6.45, 7) is 28.1. The summed E-state index contributed by atoms with van der Waals surface area (Å²) in [5.41, 5.74) is -0.0654. The number of hydrogen-bond acceptors (Lipinski definition) is 9. The number of hydrogen-bond donors (Lipinski definition) is 3. The van der Waals surface area contributed by atoms with Crippen LogP contribution in [0.1, 0.15) is 121 Å². The van der Waals surface area contributed by atoms with Crippen LogP contribution in [0.25, 0.3) is 0 Å². The van der Waals surface area contributed by atoms with E-state index in [1.807, 2.05) is 13.8 Å². The molecule has 0 aromatic heterocycles. The van der Waals surface area contributed by atoms with Gasteiger partial charge >= 0.3 is 0 Å². The SMILES string of the molecule is CC(C)(C)C1CNC2CCC(C)(C)S(=O)(=O)N1C2.CC(C)(C)C1CNC2CCCS(=O)(=O)N1CC2.CC(C)(C)C1CNCC2CCCS(=O)(=O)N1C2. The molecular formula is C37H74N6O6S3. The van der Waals surface area contributed by atoms with Crippen LogP contribution in [0.15, 0.2) is 0 Å². The van der Waals surface area contributed by atoms with Crippen LogP contribution >= 0.6 is 0 Å². The fourth-order valence-electron chi connectivity index (χ4n) is 8.71. The van der Waals surface area contributed by atoms with E-state index in [0.29, 0.717) is 49.1 Å². The summed E-state index contributed by atoms with van der Waals surface area (Å²) in [7, 11) is -9.32. The molecule has 6 saturated heterocycles. The first kappa shape index (κ1) is 44.3. The van der Waals surface area contributed by atoms with Crippen LogP contribution in [0.5, 0.6) is 0 Å². The Hall–Kier alpha value is -0.390. The lowest BCUT2D eigenvalue weighted by Gasteiger charge is -2.45. The highest BCUT2D eigenvalue weighted by Gasteiger charge is 2.50. The number of fused-ring (bicyclic) bond motifs is 7. The molecule has 52 heavy (non-hydrogen) atoms. The lowest BCUT2D eigenvalue weighted by molar-refractivity contribution is 0.127. The van der Waals surface area contributed by atoms with Crippen molar-refractivity contribution in [3.8, 4) is 0 Å². The molecule has 0 aliphatic carbocycles. The third kappa shape index (κ3) is 10.5. The van der Waals surface area contributed by atoms with Crippen LogP contribution in [0.3, 0.4) is 0 Å². The molecule has 0 radical (unpaired) electrons. The van der Waals surface area contributed by atoms with Gasteiger partial charge in [-0.25, -0.2) is 25.3 Å². The fraction of sp³-hybridized carbons (Fsp3) is 1.00. The first-order valence-corrected chi connectivity index (χ1v) is 24.5. The average Bonchev–Trinajstić information content (AvgIpc) is 3.42. The summed E-state index contributed by atoms with van der Waals surface area (Å²) >= 11 is 0. The first-order chi connectivity index (χ1) is 23.7. The molecule has 9 unspecified atom stereocenters. The van der Waals surface area contributed by atoms with E-state index in [9.17, 15) is 25.3 Å². The van der Waals surface area contributed by atoms with Crippen molar-refractivity contribution in [3.05, 3.63) is 0 Å². The van der Waals surface area contributed by atoms with Crippen LogP contribution in [0, 0.1) is 22.2 Å². The maximum absolute atomic E-state index is 12.8. The van der Waals surface area contributed by atoms with Gasteiger partial charge in [0.2, 0.25) is 30.1 Å². The molecule has 6 rings (SSSR count). The second kappa shape index (κ2) is 16.2. The van der Waals surface area contributed by atoms with Crippen molar-refractivity contribution >= 4 is 30.1 Å². The monoisotopic (exact) mass is 794 g/mol. The number of piperazine rings is 1. The molecule has 6 aliphatic rings. The summed E-state index contributed by atoms with van der Waals surface area (Å²) in [6, 6.07) is 1.03. The van der Waals surface area contributed by atoms with E-state index in [2.05, 4.69) is 78.3 Å². The van der Waals surface area contributed by atoms with Crippen molar-refractivity contribution in [2.75, 3.05) is 57.3 Å². The van der Waals surface area contributed by atoms with Gasteiger partial charge in [0.25, 0.3) is 0 Å². The third-order valence-corrected chi connectivity index (χ3v) is 18.8. The number of nitrogens with zero attached hydrogens (tertiary/aromatic N) is 3. The minimum absolute atomic E-state index is 0.0146. The Bertz CT molecular complexity index is 1510. The Morgan fingerprint density at radius 1 is 0.558 bits per heavy atom. The zero-order valence-corrected chi connectivity index (χ0v) is 36.7. The molecule has 15 heteroatoms. The maximum atomic E-state index is 12.8. The highest BCUT2D eigenvalue weighted by molar-refractivity contribution is 7.90. The minimum atomic E-state index is -3.21. The zero-order chi connectivity index (χ0) is 39.1. The molecular weight excluding hydrogens is 721 g/mol. The summed E-state index contributed by atoms with van der Waals surface area (Å²) in [5, 5.41) is 10.5. The Kier molecular flexibility index (Phi) is 13.8. The topological polar surface area (TPSA) is 148 Å². The minimum Gasteiger partial charge on any atom is -0.315 e. The Morgan fingerprint density at radius 2 is 1.06 bits per heavy atom. The van der Waals surface area contributed by atoms with Gasteiger partial charge in [-0.2, -0.15) is 12.9 Å². The van der Waals surface area contributed by atoms with Gasteiger partial charge in [0.1, 0.15) is 0 Å². The number of rotatable bonds is 0. The van der Waals surface area contributed by atoms with Crippen molar-refractivity contribution < 1.29 is 25.3 Å². The second-order valence-corrected chi connectivity index (χ2v) is 26.7. The lowest BCUT2D eigenvalue weighted by Crippen LogP contribution is -2.62. The normalized spacial score (nSPS) is 38.5. The molecule has 6 heterocycles. The van der Waals surface area contributed by atoms with Crippen LogP contribution in [0.4, 0.5) is 0 Å². The van der Waals surface area contributed by atoms with E-state index in [4.69, 9.17) is 0 Å². The summed E-state index contributed by atoms with van der Waals surface area (Å²) in [5.74, 6) is 1.13. The molecule has 0 aromatic rings. The number of sulfonamides is 3. The van der Waals surface area contributed by atoms with Crippen molar-refractivity contribution in [2.24, 2.45) is 22.2 Å². The molecule has 0 saturated carbocycles. The Labute approximate surface area is 318 Å². The molecule has 0 spiro atoms. The average molecular weight is 795 g/mol. The van der Waals surface area contributed by atoms with Crippen molar-refractivity contribution in [1.29, 1.82) is 0 Å². The van der Waals surface area contributed by atoms with Crippen LogP contribution in [-0.2, 0) is 30.1 Å². The van der Waals surface area contributed by atoms with E-state index in [0.717, 1.165) is 71.1 Å². The van der Waals surface area contributed by atoms with Gasteiger partial charge < -0.3 is 16.0 Å². The van der Waals surface area contributed by atoms with E-state index in [1.165, 1.54) is 0 Å². The van der Waals surface area contributed by atoms with Crippen molar-refractivity contribution in [2.45, 2.75) is 156 Å². The smallest absolute Gasteiger partial charge is 0.219 e. The molecule has 6 fully saturated rings. The second-order valence-electron chi connectivity index (χ2n) is 20.1. The predicted molar refractivity (Wildman–Crippen MR) is 213 cm³/mol. The first-order valence-electron chi connectivity index (χ1n) is 19.8. The van der Waals surface area contributed by atoms with E-state index in [-0.39, 0.29) is 34.4 Å². The van der Waals surface area contributed by atoms with Gasteiger partial charge in [0, 0.05) is 69.5 Å². The Morgan fingerprint density at radius 3 is 1.63 bits per heavy atom. The Balaban J connectivity index is 0.000000175. The van der Waals surface area contributed by atoms with Gasteiger partial charge in [0.05, 0.1) is 16.3 Å². The molecule has 0 aromatic carbocycles. The maximum Gasteiger partial charge on any atom is 0.219 e. The van der Waals surface area contributed by atoms with E-state index < -0.39 is 34.8 Å². The molecule has 12 nitrogen and oxygen atoms in total.